The van der Waals surface area contributed by atoms with Crippen molar-refractivity contribution in [2.45, 2.75) is 77.8 Å². The number of nitrogens with zero attached hydrogens (tertiary/aromatic N) is 2. The van der Waals surface area contributed by atoms with E-state index in [1.807, 2.05) is 0 Å². The van der Waals surface area contributed by atoms with Gasteiger partial charge in [-0.15, -0.1) is 0 Å². The van der Waals surface area contributed by atoms with Crippen LogP contribution in [0.15, 0.2) is 0 Å². The molecular formula is C16H29N3S. The zero-order chi connectivity index (χ0) is 15.1. The maximum absolute atomic E-state index is 6.38. The molecule has 0 radical (unpaired) electrons. The molecule has 1 saturated heterocycles. The third-order valence-electron chi connectivity index (χ3n) is 3.96. The first-order chi connectivity index (χ1) is 9.10. The summed E-state index contributed by atoms with van der Waals surface area (Å²) in [7, 11) is 0. The second-order valence-corrected chi connectivity index (χ2v) is 8.66. The van der Waals surface area contributed by atoms with Gasteiger partial charge < -0.3 is 10.6 Å². The fourth-order valence-corrected chi connectivity index (χ4v) is 4.18. The van der Waals surface area contributed by atoms with E-state index in [1.165, 1.54) is 29.8 Å². The Labute approximate surface area is 127 Å². The molecule has 2 heterocycles. The number of piperidine rings is 1. The van der Waals surface area contributed by atoms with Crippen molar-refractivity contribution in [3.8, 4) is 0 Å². The van der Waals surface area contributed by atoms with Crippen LogP contribution in [0.4, 0.5) is 5.13 Å². The summed E-state index contributed by atoms with van der Waals surface area (Å²) >= 11 is 1.79. The Morgan fingerprint density at radius 1 is 1.20 bits per heavy atom. The lowest BCUT2D eigenvalue weighted by atomic mass is 9.87. The fraction of sp³-hybridized carbons (Fsp3) is 0.812. The molecule has 3 nitrogen and oxygen atoms in total. The van der Waals surface area contributed by atoms with Crippen LogP contribution >= 0.6 is 11.3 Å². The zero-order valence-electron chi connectivity index (χ0n) is 13.8. The molecule has 0 amide bonds. The molecule has 1 unspecified atom stereocenters. The molecule has 0 spiro atoms. The highest BCUT2D eigenvalue weighted by Crippen LogP contribution is 2.40. The fourth-order valence-electron chi connectivity index (χ4n) is 2.76. The van der Waals surface area contributed by atoms with Crippen LogP contribution in [0, 0.1) is 0 Å². The van der Waals surface area contributed by atoms with E-state index < -0.39 is 0 Å². The lowest BCUT2D eigenvalue weighted by Gasteiger charge is -2.33. The molecule has 1 aliphatic heterocycles. The molecule has 1 fully saturated rings. The topological polar surface area (TPSA) is 42.2 Å². The largest absolute Gasteiger partial charge is 0.345 e. The van der Waals surface area contributed by atoms with Gasteiger partial charge in [-0.2, -0.15) is 0 Å². The van der Waals surface area contributed by atoms with Crippen LogP contribution < -0.4 is 10.6 Å². The molecule has 114 valence electrons. The molecule has 2 N–H and O–H groups in total. The van der Waals surface area contributed by atoms with Crippen molar-refractivity contribution in [1.82, 2.24) is 4.98 Å². The predicted octanol–water partition coefficient (Wildman–Crippen LogP) is 4.01. The minimum atomic E-state index is -0.322. The Morgan fingerprint density at radius 2 is 1.85 bits per heavy atom. The minimum absolute atomic E-state index is 0.0414. The first-order valence-electron chi connectivity index (χ1n) is 7.68. The predicted molar refractivity (Wildman–Crippen MR) is 88.7 cm³/mol. The number of hydrogen-bond donors (Lipinski definition) is 1. The van der Waals surface area contributed by atoms with Gasteiger partial charge in [0.1, 0.15) is 0 Å². The Balaban J connectivity index is 2.44. The number of hydrogen-bond acceptors (Lipinski definition) is 4. The molecule has 0 bridgehead atoms. The van der Waals surface area contributed by atoms with Gasteiger partial charge in [0.25, 0.3) is 0 Å². The first kappa shape index (κ1) is 15.8. The van der Waals surface area contributed by atoms with E-state index in [0.717, 1.165) is 11.7 Å². The molecular weight excluding hydrogens is 266 g/mol. The Kier molecular flexibility index (Phi) is 4.18. The van der Waals surface area contributed by atoms with E-state index in [0.29, 0.717) is 6.04 Å². The maximum atomic E-state index is 6.38. The quantitative estimate of drug-likeness (QED) is 0.896. The van der Waals surface area contributed by atoms with Crippen LogP contribution in [0.1, 0.15) is 71.4 Å². The number of nitrogens with two attached hydrogens (primary N) is 1. The maximum Gasteiger partial charge on any atom is 0.186 e. The summed E-state index contributed by atoms with van der Waals surface area (Å²) in [5, 5.41) is 1.16. The van der Waals surface area contributed by atoms with Crippen LogP contribution in [0.25, 0.3) is 0 Å². The molecule has 2 rings (SSSR count). The van der Waals surface area contributed by atoms with Crippen LogP contribution in [0.3, 0.4) is 0 Å². The summed E-state index contributed by atoms with van der Waals surface area (Å²) in [5.41, 5.74) is 7.27. The third kappa shape index (κ3) is 3.17. The first-order valence-corrected chi connectivity index (χ1v) is 8.49. The van der Waals surface area contributed by atoms with Gasteiger partial charge in [0.05, 0.1) is 5.69 Å². The van der Waals surface area contributed by atoms with Crippen LogP contribution in [-0.4, -0.2) is 17.6 Å². The van der Waals surface area contributed by atoms with Crippen molar-refractivity contribution in [2.24, 2.45) is 5.73 Å². The smallest absolute Gasteiger partial charge is 0.186 e. The van der Waals surface area contributed by atoms with Gasteiger partial charge >= 0.3 is 0 Å². The summed E-state index contributed by atoms with van der Waals surface area (Å²) in [6.45, 7) is 14.3. The van der Waals surface area contributed by atoms with Crippen LogP contribution in [0.5, 0.6) is 0 Å². The second kappa shape index (κ2) is 5.30. The summed E-state index contributed by atoms with van der Waals surface area (Å²) in [5.74, 6) is 0. The number of rotatable bonds is 2. The summed E-state index contributed by atoms with van der Waals surface area (Å²) in [4.78, 5) is 8.69. The minimum Gasteiger partial charge on any atom is -0.345 e. The van der Waals surface area contributed by atoms with Crippen LogP contribution in [-0.2, 0) is 11.0 Å². The highest BCUT2D eigenvalue weighted by atomic mass is 32.1. The molecule has 20 heavy (non-hydrogen) atoms. The standard InChI is InChI=1S/C16H29N3S/c1-11-9-7-8-10-19(11)14-18-12(15(2,3)4)13(20-14)16(5,6)17/h11H,7-10,17H2,1-6H3. The van der Waals surface area contributed by atoms with Crippen molar-refractivity contribution in [3.05, 3.63) is 10.6 Å². The molecule has 0 aliphatic carbocycles. The Bertz CT molecular complexity index is 434. The molecule has 4 heteroatoms. The average molecular weight is 295 g/mol. The lowest BCUT2D eigenvalue weighted by Crippen LogP contribution is -2.37. The van der Waals surface area contributed by atoms with Crippen molar-refractivity contribution < 1.29 is 0 Å². The van der Waals surface area contributed by atoms with E-state index in [2.05, 4.69) is 46.4 Å². The molecule has 0 aromatic carbocycles. The highest BCUT2D eigenvalue weighted by molar-refractivity contribution is 7.15. The lowest BCUT2D eigenvalue weighted by molar-refractivity contribution is 0.481. The highest BCUT2D eigenvalue weighted by Gasteiger charge is 2.32. The Hall–Kier alpha value is -0.610. The van der Waals surface area contributed by atoms with Crippen molar-refractivity contribution in [1.29, 1.82) is 0 Å². The summed E-state index contributed by atoms with van der Waals surface area (Å²) < 4.78 is 0. The Morgan fingerprint density at radius 3 is 2.30 bits per heavy atom. The van der Waals surface area contributed by atoms with E-state index >= 15 is 0 Å². The average Bonchev–Trinajstić information content (AvgIpc) is 2.73. The van der Waals surface area contributed by atoms with Gasteiger partial charge in [0.2, 0.25) is 0 Å². The van der Waals surface area contributed by atoms with Crippen molar-refractivity contribution in [2.75, 3.05) is 11.4 Å². The second-order valence-electron chi connectivity index (χ2n) is 7.68. The van der Waals surface area contributed by atoms with Gasteiger partial charge in [-0.3, -0.25) is 0 Å². The molecule has 1 aromatic rings. The molecule has 1 atom stereocenters. The number of anilines is 1. The third-order valence-corrected chi connectivity index (χ3v) is 5.39. The van der Waals surface area contributed by atoms with Gasteiger partial charge in [0, 0.05) is 28.4 Å². The van der Waals surface area contributed by atoms with Crippen LogP contribution in [0.2, 0.25) is 0 Å². The molecule has 1 aliphatic rings. The van der Waals surface area contributed by atoms with Gasteiger partial charge in [-0.25, -0.2) is 4.98 Å². The van der Waals surface area contributed by atoms with E-state index in [4.69, 9.17) is 10.7 Å². The van der Waals surface area contributed by atoms with Gasteiger partial charge in [-0.05, 0) is 40.0 Å². The van der Waals surface area contributed by atoms with Gasteiger partial charge in [-0.1, -0.05) is 32.1 Å². The van der Waals surface area contributed by atoms with E-state index in [-0.39, 0.29) is 11.0 Å². The summed E-state index contributed by atoms with van der Waals surface area (Å²) in [6, 6.07) is 0.594. The summed E-state index contributed by atoms with van der Waals surface area (Å²) in [6.07, 6.45) is 3.88. The van der Waals surface area contributed by atoms with E-state index in [9.17, 15) is 0 Å². The monoisotopic (exact) mass is 295 g/mol. The van der Waals surface area contributed by atoms with Crippen molar-refractivity contribution >= 4 is 16.5 Å². The van der Waals surface area contributed by atoms with Crippen molar-refractivity contribution in [3.63, 3.8) is 0 Å². The number of aromatic nitrogens is 1. The molecule has 1 aromatic heterocycles. The normalized spacial score (nSPS) is 21.4. The number of thiazole rings is 1. The SMILES string of the molecule is CC1CCCCN1c1nc(C(C)(C)C)c(C(C)(C)N)s1. The van der Waals surface area contributed by atoms with E-state index in [1.54, 1.807) is 11.3 Å². The zero-order valence-corrected chi connectivity index (χ0v) is 14.6. The van der Waals surface area contributed by atoms with Gasteiger partial charge in [0.15, 0.2) is 5.13 Å². The molecule has 0 saturated carbocycles.